The lowest BCUT2D eigenvalue weighted by Gasteiger charge is -2.28. The van der Waals surface area contributed by atoms with Crippen molar-refractivity contribution >= 4 is 0 Å². The van der Waals surface area contributed by atoms with Gasteiger partial charge >= 0.3 is 0 Å². The van der Waals surface area contributed by atoms with Crippen LogP contribution in [0.5, 0.6) is 0 Å². The summed E-state index contributed by atoms with van der Waals surface area (Å²) in [5, 5.41) is 9.52. The fourth-order valence-corrected chi connectivity index (χ4v) is 2.49. The monoisotopic (exact) mass is 228 g/mol. The summed E-state index contributed by atoms with van der Waals surface area (Å²) in [6, 6.07) is 0.659. The van der Waals surface area contributed by atoms with Gasteiger partial charge in [0.25, 0.3) is 0 Å². The van der Waals surface area contributed by atoms with Crippen molar-refractivity contribution in [2.45, 2.75) is 51.7 Å². The molecule has 0 saturated carbocycles. The maximum absolute atomic E-state index is 9.52. The molecular weight excluding hydrogens is 200 g/mol. The van der Waals surface area contributed by atoms with E-state index in [1.54, 1.807) is 0 Å². The van der Waals surface area contributed by atoms with E-state index in [0.717, 1.165) is 25.8 Å². The molecule has 0 aromatic heterocycles. The predicted octanol–water partition coefficient (Wildman–Crippen LogP) is 1.56. The molecule has 1 fully saturated rings. The minimum absolute atomic E-state index is 0.0926. The first-order chi connectivity index (χ1) is 7.63. The normalized spacial score (nSPS) is 26.6. The van der Waals surface area contributed by atoms with E-state index in [1.165, 1.54) is 26.1 Å². The van der Waals surface area contributed by atoms with Gasteiger partial charge in [-0.2, -0.15) is 0 Å². The molecule has 1 N–H and O–H groups in total. The molecule has 1 aliphatic rings. The fourth-order valence-electron chi connectivity index (χ4n) is 2.49. The van der Waals surface area contributed by atoms with Crippen LogP contribution in [-0.2, 0) is 0 Å². The number of likely N-dealkylation sites (N-methyl/N-ethyl adjacent to an activating group) is 1. The van der Waals surface area contributed by atoms with Crippen molar-refractivity contribution in [3.63, 3.8) is 0 Å². The second kappa shape index (κ2) is 7.25. The summed E-state index contributed by atoms with van der Waals surface area (Å²) in [6.07, 6.45) is 4.15. The van der Waals surface area contributed by atoms with Crippen molar-refractivity contribution in [2.24, 2.45) is 0 Å². The highest BCUT2D eigenvalue weighted by Gasteiger charge is 2.18. The summed E-state index contributed by atoms with van der Waals surface area (Å²) in [4.78, 5) is 5.00. The fraction of sp³-hybridized carbons (Fsp3) is 1.00. The van der Waals surface area contributed by atoms with Crippen molar-refractivity contribution in [2.75, 3.05) is 33.2 Å². The molecule has 0 aliphatic carbocycles. The van der Waals surface area contributed by atoms with Crippen LogP contribution >= 0.6 is 0 Å². The summed E-state index contributed by atoms with van der Waals surface area (Å²) >= 11 is 0. The van der Waals surface area contributed by atoms with Crippen LogP contribution in [0.4, 0.5) is 0 Å². The Morgan fingerprint density at radius 3 is 2.81 bits per heavy atom. The Balaban J connectivity index is 2.24. The SMILES string of the molecule is CCC(O)CCCN1CCCN(C)CC1C. The van der Waals surface area contributed by atoms with Gasteiger partial charge < -0.3 is 10.0 Å². The predicted molar refractivity (Wildman–Crippen MR) is 68.7 cm³/mol. The maximum atomic E-state index is 9.52. The van der Waals surface area contributed by atoms with Gasteiger partial charge in [-0.1, -0.05) is 6.92 Å². The Morgan fingerprint density at radius 2 is 2.12 bits per heavy atom. The summed E-state index contributed by atoms with van der Waals surface area (Å²) in [5.74, 6) is 0. The first kappa shape index (κ1) is 13.9. The Labute approximate surface area is 100 Å². The van der Waals surface area contributed by atoms with Gasteiger partial charge in [0.15, 0.2) is 0 Å². The van der Waals surface area contributed by atoms with E-state index in [-0.39, 0.29) is 6.10 Å². The van der Waals surface area contributed by atoms with Gasteiger partial charge in [-0.05, 0) is 59.3 Å². The third kappa shape index (κ3) is 4.81. The van der Waals surface area contributed by atoms with Crippen molar-refractivity contribution in [1.29, 1.82) is 0 Å². The van der Waals surface area contributed by atoms with Crippen LogP contribution in [0.1, 0.15) is 39.5 Å². The van der Waals surface area contributed by atoms with E-state index >= 15 is 0 Å². The molecule has 96 valence electrons. The number of nitrogens with zero attached hydrogens (tertiary/aromatic N) is 2. The summed E-state index contributed by atoms with van der Waals surface area (Å²) in [7, 11) is 2.21. The first-order valence-corrected chi connectivity index (χ1v) is 6.74. The molecular formula is C13H28N2O. The minimum atomic E-state index is -0.0926. The highest BCUT2D eigenvalue weighted by Crippen LogP contribution is 2.10. The van der Waals surface area contributed by atoms with Gasteiger partial charge in [-0.15, -0.1) is 0 Å². The molecule has 3 heteroatoms. The highest BCUT2D eigenvalue weighted by molar-refractivity contribution is 4.75. The largest absolute Gasteiger partial charge is 0.393 e. The van der Waals surface area contributed by atoms with E-state index in [9.17, 15) is 5.11 Å². The minimum Gasteiger partial charge on any atom is -0.393 e. The molecule has 0 bridgehead atoms. The molecule has 2 atom stereocenters. The molecule has 1 aliphatic heterocycles. The van der Waals surface area contributed by atoms with Crippen LogP contribution in [0.3, 0.4) is 0 Å². The number of aliphatic hydroxyl groups excluding tert-OH is 1. The Hall–Kier alpha value is -0.120. The van der Waals surface area contributed by atoms with Gasteiger partial charge in [0.05, 0.1) is 6.10 Å². The van der Waals surface area contributed by atoms with E-state index in [4.69, 9.17) is 0 Å². The molecule has 2 unspecified atom stereocenters. The Bertz CT molecular complexity index is 187. The smallest absolute Gasteiger partial charge is 0.0538 e. The van der Waals surface area contributed by atoms with E-state index in [1.807, 2.05) is 6.92 Å². The van der Waals surface area contributed by atoms with Crippen molar-refractivity contribution < 1.29 is 5.11 Å². The molecule has 16 heavy (non-hydrogen) atoms. The van der Waals surface area contributed by atoms with Crippen LogP contribution < -0.4 is 0 Å². The van der Waals surface area contributed by atoms with Crippen LogP contribution in [0.15, 0.2) is 0 Å². The average Bonchev–Trinajstić information content (AvgIpc) is 2.40. The lowest BCUT2D eigenvalue weighted by molar-refractivity contribution is 0.141. The standard InChI is InChI=1S/C13H28N2O/c1-4-13(16)7-5-9-15-10-6-8-14(3)11-12(15)2/h12-13,16H,4-11H2,1-3H3. The first-order valence-electron chi connectivity index (χ1n) is 6.74. The van der Waals surface area contributed by atoms with Crippen LogP contribution in [0, 0.1) is 0 Å². The molecule has 0 radical (unpaired) electrons. The molecule has 0 spiro atoms. The number of hydrogen-bond donors (Lipinski definition) is 1. The second-order valence-corrected chi connectivity index (χ2v) is 5.21. The highest BCUT2D eigenvalue weighted by atomic mass is 16.3. The second-order valence-electron chi connectivity index (χ2n) is 5.21. The molecule has 1 heterocycles. The van der Waals surface area contributed by atoms with Crippen LogP contribution in [-0.4, -0.2) is 60.3 Å². The summed E-state index contributed by atoms with van der Waals surface area (Å²) in [5.41, 5.74) is 0. The summed E-state index contributed by atoms with van der Waals surface area (Å²) < 4.78 is 0. The van der Waals surface area contributed by atoms with E-state index < -0.39 is 0 Å². The van der Waals surface area contributed by atoms with Gasteiger partial charge in [0, 0.05) is 12.6 Å². The molecule has 0 aromatic carbocycles. The van der Waals surface area contributed by atoms with Gasteiger partial charge in [0.1, 0.15) is 0 Å². The third-order valence-electron chi connectivity index (χ3n) is 3.64. The number of aliphatic hydroxyl groups is 1. The Morgan fingerprint density at radius 1 is 1.38 bits per heavy atom. The maximum Gasteiger partial charge on any atom is 0.0538 e. The number of rotatable bonds is 5. The lowest BCUT2D eigenvalue weighted by Crippen LogP contribution is -2.38. The molecule has 1 saturated heterocycles. The van der Waals surface area contributed by atoms with Gasteiger partial charge in [0.2, 0.25) is 0 Å². The zero-order valence-corrected chi connectivity index (χ0v) is 11.2. The van der Waals surface area contributed by atoms with Crippen molar-refractivity contribution in [3.05, 3.63) is 0 Å². The topological polar surface area (TPSA) is 26.7 Å². The third-order valence-corrected chi connectivity index (χ3v) is 3.64. The van der Waals surface area contributed by atoms with Crippen molar-refractivity contribution in [3.8, 4) is 0 Å². The number of hydrogen-bond acceptors (Lipinski definition) is 3. The zero-order chi connectivity index (χ0) is 12.0. The van der Waals surface area contributed by atoms with Crippen LogP contribution in [0.25, 0.3) is 0 Å². The molecule has 0 aromatic rings. The van der Waals surface area contributed by atoms with Crippen LogP contribution in [0.2, 0.25) is 0 Å². The molecule has 1 rings (SSSR count). The molecule has 3 nitrogen and oxygen atoms in total. The van der Waals surface area contributed by atoms with Gasteiger partial charge in [-0.3, -0.25) is 4.90 Å². The summed E-state index contributed by atoms with van der Waals surface area (Å²) in [6.45, 7) is 9.13. The Kier molecular flexibility index (Phi) is 6.32. The molecule has 0 amide bonds. The lowest BCUT2D eigenvalue weighted by atomic mass is 10.1. The van der Waals surface area contributed by atoms with Gasteiger partial charge in [-0.25, -0.2) is 0 Å². The zero-order valence-electron chi connectivity index (χ0n) is 11.2. The average molecular weight is 228 g/mol. The van der Waals surface area contributed by atoms with E-state index in [2.05, 4.69) is 23.8 Å². The quantitative estimate of drug-likeness (QED) is 0.773. The van der Waals surface area contributed by atoms with E-state index in [0.29, 0.717) is 6.04 Å². The van der Waals surface area contributed by atoms with Crippen molar-refractivity contribution in [1.82, 2.24) is 9.80 Å².